The van der Waals surface area contributed by atoms with Gasteiger partial charge < -0.3 is 20.5 Å². The lowest BCUT2D eigenvalue weighted by atomic mass is 9.50. The first-order valence-electron chi connectivity index (χ1n) is 12.5. The second kappa shape index (κ2) is 8.09. The van der Waals surface area contributed by atoms with Crippen molar-refractivity contribution in [1.29, 1.82) is 0 Å². The molecule has 0 saturated heterocycles. The topological polar surface area (TPSA) is 126 Å². The Kier molecular flexibility index (Phi) is 5.26. The lowest BCUT2D eigenvalue weighted by molar-refractivity contribution is -0.328. The van der Waals surface area contributed by atoms with E-state index in [4.69, 9.17) is 20.2 Å². The fourth-order valence-electron chi connectivity index (χ4n) is 7.63. The van der Waals surface area contributed by atoms with E-state index in [1.165, 1.54) is 12.1 Å². The summed E-state index contributed by atoms with van der Waals surface area (Å²) in [5.41, 5.74) is 6.76. The first kappa shape index (κ1) is 24.1. The number of halogens is 1. The van der Waals surface area contributed by atoms with E-state index in [1.807, 2.05) is 4.57 Å². The van der Waals surface area contributed by atoms with E-state index in [-0.39, 0.29) is 34.6 Å². The number of rotatable bonds is 6. The van der Waals surface area contributed by atoms with Crippen molar-refractivity contribution in [3.05, 3.63) is 45.8 Å². The Balaban J connectivity index is 1.43. The number of anilines is 2. The zero-order chi connectivity index (χ0) is 26.3. The summed E-state index contributed by atoms with van der Waals surface area (Å²) in [6.45, 7) is 1.73. The molecule has 4 saturated carbocycles. The maximum Gasteiger partial charge on any atom is 0.330 e. The van der Waals surface area contributed by atoms with Gasteiger partial charge in [0.05, 0.1) is 17.3 Å². The molecule has 1 amide bonds. The quantitative estimate of drug-likeness (QED) is 0.488. The van der Waals surface area contributed by atoms with Crippen LogP contribution in [-0.2, 0) is 22.1 Å². The molecule has 0 radical (unpaired) electrons. The molecule has 37 heavy (non-hydrogen) atoms. The van der Waals surface area contributed by atoms with Crippen molar-refractivity contribution in [3.63, 3.8) is 0 Å². The maximum atomic E-state index is 14.5. The number of aryl methyl sites for hydroxylation is 2. The van der Waals surface area contributed by atoms with E-state index < -0.39 is 17.5 Å². The van der Waals surface area contributed by atoms with Gasteiger partial charge in [-0.25, -0.2) is 14.2 Å². The highest BCUT2D eigenvalue weighted by atomic mass is 19.1. The van der Waals surface area contributed by atoms with Crippen molar-refractivity contribution in [1.82, 2.24) is 19.1 Å². The Labute approximate surface area is 213 Å². The number of carbonyl (C=O) groups excluding carboxylic acids is 1. The number of aromatic nitrogens is 4. The fourth-order valence-corrected chi connectivity index (χ4v) is 7.63. The minimum absolute atomic E-state index is 0.128. The van der Waals surface area contributed by atoms with Gasteiger partial charge >= 0.3 is 5.69 Å². The first-order valence-corrected chi connectivity index (χ1v) is 12.5. The molecule has 4 aliphatic carbocycles. The molecule has 2 atom stereocenters. The van der Waals surface area contributed by atoms with Gasteiger partial charge in [-0.15, -0.1) is 0 Å². The largest absolute Gasteiger partial charge is 0.366 e. The predicted octanol–water partition coefficient (Wildman–Crippen LogP) is 2.94. The standard InChI is InChI=1S/C26H31FN6O4/c1-13-5-17(21(28)34)18(27)8-19(13)30-23-29-12-20-22(31-23)33(24(35)32(20)2)25-9-14-6-15(10-25)26(36-3,37-4)16(7-14)11-25/h5,8,12,14-16H,6-7,9-11H2,1-4H3,(H2,28,34)(H,29,30,31). The van der Waals surface area contributed by atoms with Gasteiger partial charge in [-0.2, -0.15) is 4.98 Å². The first-order chi connectivity index (χ1) is 17.6. The van der Waals surface area contributed by atoms with E-state index in [0.29, 0.717) is 28.3 Å². The molecule has 0 aliphatic heterocycles. The minimum Gasteiger partial charge on any atom is -0.366 e. The van der Waals surface area contributed by atoms with Gasteiger partial charge in [0.2, 0.25) is 5.95 Å². The molecule has 3 N–H and O–H groups in total. The molecule has 0 spiro atoms. The van der Waals surface area contributed by atoms with Gasteiger partial charge in [0.15, 0.2) is 11.4 Å². The third kappa shape index (κ3) is 3.29. The predicted molar refractivity (Wildman–Crippen MR) is 134 cm³/mol. The number of nitrogens with zero attached hydrogens (tertiary/aromatic N) is 4. The van der Waals surface area contributed by atoms with Crippen molar-refractivity contribution in [2.45, 2.75) is 50.4 Å². The van der Waals surface area contributed by atoms with Crippen LogP contribution in [0.15, 0.2) is 23.1 Å². The fraction of sp³-hybridized carbons (Fsp3) is 0.538. The highest BCUT2D eigenvalue weighted by Gasteiger charge is 2.64. The molecular weight excluding hydrogens is 479 g/mol. The molecule has 1 aromatic carbocycles. The number of hydrogen-bond donors (Lipinski definition) is 2. The van der Waals surface area contributed by atoms with Gasteiger partial charge in [-0.3, -0.25) is 13.9 Å². The minimum atomic E-state index is -0.834. The number of ether oxygens (including phenoxy) is 2. The lowest BCUT2D eigenvalue weighted by Gasteiger charge is -2.63. The number of fused-ring (bicyclic) bond motifs is 1. The number of primary amides is 1. The van der Waals surface area contributed by atoms with Crippen LogP contribution >= 0.6 is 0 Å². The van der Waals surface area contributed by atoms with E-state index >= 15 is 0 Å². The Bertz CT molecular complexity index is 1470. The number of carbonyl (C=O) groups is 1. The molecule has 3 aromatic rings. The van der Waals surface area contributed by atoms with Crippen LogP contribution < -0.4 is 16.7 Å². The molecule has 4 bridgehead atoms. The number of nitrogens with two attached hydrogens (primary N) is 1. The van der Waals surface area contributed by atoms with E-state index in [2.05, 4.69) is 10.3 Å². The summed E-state index contributed by atoms with van der Waals surface area (Å²) in [6, 6.07) is 2.60. The van der Waals surface area contributed by atoms with Gasteiger partial charge in [0.1, 0.15) is 11.3 Å². The number of imidazole rings is 1. The average Bonchev–Trinajstić information content (AvgIpc) is 3.11. The summed E-state index contributed by atoms with van der Waals surface area (Å²) in [5.74, 6) is -1.09. The van der Waals surface area contributed by atoms with Crippen LogP contribution in [0.1, 0.15) is 48.0 Å². The van der Waals surface area contributed by atoms with Crippen molar-refractivity contribution in [3.8, 4) is 0 Å². The monoisotopic (exact) mass is 510 g/mol. The van der Waals surface area contributed by atoms with Crippen LogP contribution in [-0.4, -0.2) is 45.0 Å². The van der Waals surface area contributed by atoms with Crippen LogP contribution in [0.25, 0.3) is 11.2 Å². The molecule has 2 heterocycles. The summed E-state index contributed by atoms with van der Waals surface area (Å²) in [7, 11) is 5.16. The van der Waals surface area contributed by atoms with Crippen molar-refractivity contribution >= 4 is 28.7 Å². The second-order valence-corrected chi connectivity index (χ2v) is 10.9. The van der Waals surface area contributed by atoms with Crippen LogP contribution in [0.4, 0.5) is 16.0 Å². The van der Waals surface area contributed by atoms with Crippen LogP contribution in [0, 0.1) is 30.5 Å². The van der Waals surface area contributed by atoms with E-state index in [9.17, 15) is 14.0 Å². The third-order valence-corrected chi connectivity index (χ3v) is 9.03. The van der Waals surface area contributed by atoms with E-state index in [1.54, 1.807) is 39.0 Å². The van der Waals surface area contributed by atoms with Gasteiger partial charge in [0.25, 0.3) is 5.91 Å². The molecule has 7 rings (SSSR count). The Morgan fingerprint density at radius 3 is 2.49 bits per heavy atom. The summed E-state index contributed by atoms with van der Waals surface area (Å²) in [6.07, 6.45) is 6.11. The van der Waals surface area contributed by atoms with Crippen molar-refractivity contribution in [2.24, 2.45) is 30.5 Å². The van der Waals surface area contributed by atoms with Crippen molar-refractivity contribution < 1.29 is 18.7 Å². The SMILES string of the molecule is COC1(OC)C2CC3CC1CC(n1c(=O)n(C)c4cnc(Nc5cc(F)c(C(N)=O)cc5C)nc41)(C3)C2. The molecule has 196 valence electrons. The Morgan fingerprint density at radius 1 is 1.19 bits per heavy atom. The summed E-state index contributed by atoms with van der Waals surface area (Å²) in [5, 5.41) is 3.05. The average molecular weight is 511 g/mol. The molecule has 2 unspecified atom stereocenters. The van der Waals surface area contributed by atoms with Crippen molar-refractivity contribution in [2.75, 3.05) is 19.5 Å². The second-order valence-electron chi connectivity index (χ2n) is 10.9. The molecule has 4 fully saturated rings. The molecule has 4 aliphatic rings. The Morgan fingerprint density at radius 2 is 1.86 bits per heavy atom. The molecule has 10 nitrogen and oxygen atoms in total. The van der Waals surface area contributed by atoms with E-state index in [0.717, 1.165) is 32.1 Å². The van der Waals surface area contributed by atoms with Gasteiger partial charge in [-0.05, 0) is 62.6 Å². The highest BCUT2D eigenvalue weighted by Crippen LogP contribution is 2.63. The Hall–Kier alpha value is -3.31. The van der Waals surface area contributed by atoms with Gasteiger partial charge in [0, 0.05) is 38.8 Å². The van der Waals surface area contributed by atoms with Crippen LogP contribution in [0.2, 0.25) is 0 Å². The number of benzene rings is 1. The lowest BCUT2D eigenvalue weighted by Crippen LogP contribution is -2.66. The van der Waals surface area contributed by atoms with Gasteiger partial charge in [-0.1, -0.05) is 0 Å². The number of nitrogens with one attached hydrogen (secondary N) is 1. The summed E-state index contributed by atoms with van der Waals surface area (Å²) < 4.78 is 29.9. The molecule has 11 heteroatoms. The van der Waals surface area contributed by atoms with Crippen LogP contribution in [0.5, 0.6) is 0 Å². The zero-order valence-electron chi connectivity index (χ0n) is 21.4. The number of amides is 1. The zero-order valence-corrected chi connectivity index (χ0v) is 21.4. The highest BCUT2D eigenvalue weighted by molar-refractivity contribution is 5.94. The maximum absolute atomic E-state index is 14.5. The smallest absolute Gasteiger partial charge is 0.330 e. The normalized spacial score (nSPS) is 27.6. The number of methoxy groups -OCH3 is 2. The molecule has 2 aromatic heterocycles. The number of hydrogen-bond acceptors (Lipinski definition) is 7. The van der Waals surface area contributed by atoms with Crippen LogP contribution in [0.3, 0.4) is 0 Å². The summed E-state index contributed by atoms with van der Waals surface area (Å²) >= 11 is 0. The summed E-state index contributed by atoms with van der Waals surface area (Å²) in [4.78, 5) is 34.3. The molecular formula is C26H31FN6O4. The third-order valence-electron chi connectivity index (χ3n) is 9.03.